The molecule has 0 unspecified atom stereocenters. The van der Waals surface area contributed by atoms with Gasteiger partial charge in [-0.05, 0) is 31.5 Å². The Bertz CT molecular complexity index is 525. The lowest BCUT2D eigenvalue weighted by Crippen LogP contribution is -2.01. The smallest absolute Gasteiger partial charge is 0.0973 e. The summed E-state index contributed by atoms with van der Waals surface area (Å²) in [7, 11) is 0. The largest absolute Gasteiger partial charge is 0.396 e. The number of thiophene rings is 1. The number of hydrogen-bond acceptors (Lipinski definition) is 5. The van der Waals surface area contributed by atoms with Crippen molar-refractivity contribution in [1.29, 1.82) is 0 Å². The normalized spacial score (nSPS) is 10.6. The van der Waals surface area contributed by atoms with Crippen LogP contribution in [0.1, 0.15) is 12.1 Å². The molecular weight excluding hydrogens is 246 g/mol. The van der Waals surface area contributed by atoms with Crippen LogP contribution in [0.25, 0.3) is 11.3 Å². The third kappa shape index (κ3) is 3.00. The number of aryl methyl sites for hydroxylation is 1. The highest BCUT2D eigenvalue weighted by molar-refractivity contribution is 7.20. The van der Waals surface area contributed by atoms with E-state index in [0.717, 1.165) is 39.9 Å². The number of aliphatic hydroxyl groups excluding tert-OH is 1. The third-order valence-electron chi connectivity index (χ3n) is 2.56. The first-order chi connectivity index (χ1) is 8.70. The second-order valence-electron chi connectivity index (χ2n) is 4.06. The fraction of sp³-hybridized carbons (Fsp3) is 0.308. The van der Waals surface area contributed by atoms with Crippen LogP contribution in [0.3, 0.4) is 0 Å². The number of anilines is 2. The molecule has 0 saturated heterocycles. The maximum atomic E-state index is 8.74. The molecule has 0 aliphatic rings. The van der Waals surface area contributed by atoms with E-state index < -0.39 is 0 Å². The zero-order chi connectivity index (χ0) is 13.0. The molecule has 0 bridgehead atoms. The Morgan fingerprint density at radius 1 is 1.44 bits per heavy atom. The van der Waals surface area contributed by atoms with Gasteiger partial charge in [-0.25, -0.2) is 0 Å². The van der Waals surface area contributed by atoms with Gasteiger partial charge in [0.1, 0.15) is 0 Å². The Morgan fingerprint density at radius 3 is 3.00 bits per heavy atom. The van der Waals surface area contributed by atoms with Crippen molar-refractivity contribution in [2.24, 2.45) is 0 Å². The molecule has 2 aromatic heterocycles. The minimum Gasteiger partial charge on any atom is -0.396 e. The van der Waals surface area contributed by atoms with Crippen LogP contribution < -0.4 is 11.1 Å². The Kier molecular flexibility index (Phi) is 4.17. The van der Waals surface area contributed by atoms with Crippen LogP contribution in [0.4, 0.5) is 10.0 Å². The number of nitrogen functional groups attached to an aromatic ring is 1. The quantitative estimate of drug-likeness (QED) is 0.725. The van der Waals surface area contributed by atoms with Gasteiger partial charge in [-0.1, -0.05) is 6.07 Å². The number of nitrogens with one attached hydrogen (secondary N) is 1. The molecule has 4 nitrogen and oxygen atoms in total. The predicted octanol–water partition coefficient (Wildman–Crippen LogP) is 2.50. The first kappa shape index (κ1) is 12.9. The second kappa shape index (κ2) is 5.84. The molecule has 2 heterocycles. The van der Waals surface area contributed by atoms with Crippen LogP contribution in [0.5, 0.6) is 0 Å². The lowest BCUT2D eigenvalue weighted by Gasteiger charge is -2.00. The first-order valence-electron chi connectivity index (χ1n) is 5.89. The molecule has 0 amide bonds. The van der Waals surface area contributed by atoms with E-state index in [2.05, 4.69) is 10.3 Å². The van der Waals surface area contributed by atoms with Gasteiger partial charge in [0.05, 0.1) is 15.7 Å². The average Bonchev–Trinajstić information content (AvgIpc) is 2.71. The van der Waals surface area contributed by atoms with Crippen LogP contribution in [0, 0.1) is 6.92 Å². The van der Waals surface area contributed by atoms with Gasteiger partial charge in [-0.2, -0.15) is 0 Å². The summed E-state index contributed by atoms with van der Waals surface area (Å²) >= 11 is 1.51. The molecule has 0 spiro atoms. The fourth-order valence-corrected chi connectivity index (χ4v) is 2.54. The van der Waals surface area contributed by atoms with E-state index in [1.54, 1.807) is 0 Å². The zero-order valence-corrected chi connectivity index (χ0v) is 11.1. The van der Waals surface area contributed by atoms with Crippen LogP contribution in [0.15, 0.2) is 24.3 Å². The van der Waals surface area contributed by atoms with Crippen molar-refractivity contribution in [2.75, 3.05) is 24.2 Å². The van der Waals surface area contributed by atoms with Crippen LogP contribution in [-0.2, 0) is 0 Å². The number of nitrogens with zero attached hydrogens (tertiary/aromatic N) is 1. The summed E-state index contributed by atoms with van der Waals surface area (Å²) in [5.74, 6) is 0. The Morgan fingerprint density at radius 2 is 2.28 bits per heavy atom. The Labute approximate surface area is 110 Å². The number of aliphatic hydroxyl groups is 1. The molecular formula is C13H17N3OS. The van der Waals surface area contributed by atoms with Crippen LogP contribution in [-0.4, -0.2) is 23.2 Å². The van der Waals surface area contributed by atoms with Crippen molar-refractivity contribution < 1.29 is 5.11 Å². The molecule has 4 N–H and O–H groups in total. The zero-order valence-electron chi connectivity index (χ0n) is 10.3. The molecule has 2 rings (SSSR count). The summed E-state index contributed by atoms with van der Waals surface area (Å²) in [6.45, 7) is 2.91. The first-order valence-corrected chi connectivity index (χ1v) is 6.70. The minimum absolute atomic E-state index is 0.195. The summed E-state index contributed by atoms with van der Waals surface area (Å²) in [4.78, 5) is 4.47. The number of pyridine rings is 1. The molecule has 0 aromatic carbocycles. The van der Waals surface area contributed by atoms with Crippen molar-refractivity contribution in [3.05, 3.63) is 30.0 Å². The van der Waals surface area contributed by atoms with Crippen LogP contribution in [0.2, 0.25) is 0 Å². The summed E-state index contributed by atoms with van der Waals surface area (Å²) in [5.41, 5.74) is 8.87. The maximum absolute atomic E-state index is 8.74. The summed E-state index contributed by atoms with van der Waals surface area (Å²) in [5, 5.41) is 13.8. The van der Waals surface area contributed by atoms with Crippen molar-refractivity contribution in [3.63, 3.8) is 0 Å². The molecule has 0 aliphatic heterocycles. The van der Waals surface area contributed by atoms with E-state index in [-0.39, 0.29) is 6.61 Å². The molecule has 0 radical (unpaired) electrons. The topological polar surface area (TPSA) is 71.2 Å². The Hall–Kier alpha value is -1.59. The lowest BCUT2D eigenvalue weighted by molar-refractivity contribution is 0.292. The summed E-state index contributed by atoms with van der Waals surface area (Å²) in [6, 6.07) is 7.92. The molecule has 0 atom stereocenters. The molecule has 2 aromatic rings. The van der Waals surface area contributed by atoms with Gasteiger partial charge in [-0.15, -0.1) is 11.3 Å². The van der Waals surface area contributed by atoms with E-state index >= 15 is 0 Å². The molecule has 0 aliphatic carbocycles. The highest BCUT2D eigenvalue weighted by Gasteiger charge is 2.09. The van der Waals surface area contributed by atoms with E-state index in [0.29, 0.717) is 0 Å². The summed E-state index contributed by atoms with van der Waals surface area (Å²) < 4.78 is 0. The van der Waals surface area contributed by atoms with Gasteiger partial charge in [0.15, 0.2) is 0 Å². The lowest BCUT2D eigenvalue weighted by atomic mass is 10.2. The number of hydrogen-bond donors (Lipinski definition) is 3. The Balaban J connectivity index is 2.18. The number of rotatable bonds is 5. The second-order valence-corrected chi connectivity index (χ2v) is 5.14. The van der Waals surface area contributed by atoms with Gasteiger partial charge in [-0.3, -0.25) is 4.98 Å². The number of nitrogens with two attached hydrogens (primary N) is 1. The van der Waals surface area contributed by atoms with Gasteiger partial charge in [0.25, 0.3) is 0 Å². The fourth-order valence-electron chi connectivity index (χ4n) is 1.68. The molecule has 18 heavy (non-hydrogen) atoms. The SMILES string of the molecule is Cc1cccc(-c2cc(NCCCO)sc2N)n1. The van der Waals surface area contributed by atoms with Crippen molar-refractivity contribution in [1.82, 2.24) is 4.98 Å². The van der Waals surface area contributed by atoms with Crippen molar-refractivity contribution in [2.45, 2.75) is 13.3 Å². The van der Waals surface area contributed by atoms with Crippen molar-refractivity contribution >= 4 is 21.3 Å². The molecule has 5 heteroatoms. The van der Waals surface area contributed by atoms with Gasteiger partial charge in [0.2, 0.25) is 0 Å². The highest BCUT2D eigenvalue weighted by atomic mass is 32.1. The summed E-state index contributed by atoms with van der Waals surface area (Å²) in [6.07, 6.45) is 0.732. The maximum Gasteiger partial charge on any atom is 0.0973 e. The molecule has 96 valence electrons. The predicted molar refractivity (Wildman–Crippen MR) is 76.9 cm³/mol. The van der Waals surface area contributed by atoms with E-state index in [1.807, 2.05) is 31.2 Å². The minimum atomic E-state index is 0.195. The van der Waals surface area contributed by atoms with Crippen LogP contribution >= 0.6 is 11.3 Å². The van der Waals surface area contributed by atoms with Crippen molar-refractivity contribution in [3.8, 4) is 11.3 Å². The molecule has 0 fully saturated rings. The van der Waals surface area contributed by atoms with E-state index in [4.69, 9.17) is 10.8 Å². The monoisotopic (exact) mass is 263 g/mol. The van der Waals surface area contributed by atoms with E-state index in [1.165, 1.54) is 11.3 Å². The van der Waals surface area contributed by atoms with Gasteiger partial charge < -0.3 is 16.2 Å². The standard InChI is InChI=1S/C13H17N3OS/c1-9-4-2-5-11(16-9)10-8-12(18-13(10)14)15-6-3-7-17/h2,4-5,8,15,17H,3,6-7,14H2,1H3. The highest BCUT2D eigenvalue weighted by Crippen LogP contribution is 2.36. The third-order valence-corrected chi connectivity index (χ3v) is 3.48. The van der Waals surface area contributed by atoms with Gasteiger partial charge >= 0.3 is 0 Å². The number of aromatic nitrogens is 1. The molecule has 0 saturated carbocycles. The average molecular weight is 263 g/mol. The van der Waals surface area contributed by atoms with Gasteiger partial charge in [0, 0.05) is 24.4 Å². The van der Waals surface area contributed by atoms with E-state index in [9.17, 15) is 0 Å².